The van der Waals surface area contributed by atoms with E-state index < -0.39 is 0 Å². The highest BCUT2D eigenvalue weighted by Gasteiger charge is 2.15. The van der Waals surface area contributed by atoms with Crippen LogP contribution in [0.15, 0.2) is 30.3 Å². The molecule has 17 heavy (non-hydrogen) atoms. The van der Waals surface area contributed by atoms with Crippen LogP contribution in [0.25, 0.3) is 0 Å². The molecule has 0 amide bonds. The lowest BCUT2D eigenvalue weighted by molar-refractivity contribution is 0.0899. The molecule has 0 bridgehead atoms. The Labute approximate surface area is 104 Å². The number of rotatable bonds is 4. The number of nitrogens with zero attached hydrogens (tertiary/aromatic N) is 2. The van der Waals surface area contributed by atoms with Gasteiger partial charge >= 0.3 is 0 Å². The number of hydrogen-bond donors (Lipinski definition) is 1. The van der Waals surface area contributed by atoms with E-state index >= 15 is 0 Å². The predicted molar refractivity (Wildman–Crippen MR) is 71.8 cm³/mol. The van der Waals surface area contributed by atoms with Crippen LogP contribution in [-0.2, 0) is 6.42 Å². The number of likely N-dealkylation sites (N-methyl/N-ethyl adjacent to an activating group) is 1. The average Bonchev–Trinajstić information content (AvgIpc) is 2.33. The lowest BCUT2D eigenvalue weighted by Gasteiger charge is -2.34. The van der Waals surface area contributed by atoms with Crippen molar-refractivity contribution in [3.8, 4) is 0 Å². The number of hydrazine groups is 1. The third-order valence-corrected chi connectivity index (χ3v) is 3.29. The second kappa shape index (κ2) is 6.15. The SMILES string of the molecule is C[C@@H](Cc1ccccc1)NN1CCN(C)CC1. The van der Waals surface area contributed by atoms with E-state index in [1.54, 1.807) is 0 Å². The summed E-state index contributed by atoms with van der Waals surface area (Å²) in [6.45, 7) is 6.81. The van der Waals surface area contributed by atoms with Gasteiger partial charge in [-0.2, -0.15) is 0 Å². The largest absolute Gasteiger partial charge is 0.304 e. The van der Waals surface area contributed by atoms with Crippen molar-refractivity contribution in [2.75, 3.05) is 33.2 Å². The van der Waals surface area contributed by atoms with Crippen molar-refractivity contribution in [3.05, 3.63) is 35.9 Å². The number of nitrogens with one attached hydrogen (secondary N) is 1. The van der Waals surface area contributed by atoms with Gasteiger partial charge in [0.25, 0.3) is 0 Å². The van der Waals surface area contributed by atoms with Gasteiger partial charge < -0.3 is 4.90 Å². The van der Waals surface area contributed by atoms with Gasteiger partial charge in [0, 0.05) is 32.2 Å². The van der Waals surface area contributed by atoms with Crippen LogP contribution in [0.1, 0.15) is 12.5 Å². The Morgan fingerprint density at radius 3 is 2.41 bits per heavy atom. The van der Waals surface area contributed by atoms with Crippen LogP contribution >= 0.6 is 0 Å². The van der Waals surface area contributed by atoms with Gasteiger partial charge in [-0.15, -0.1) is 0 Å². The maximum atomic E-state index is 3.59. The summed E-state index contributed by atoms with van der Waals surface area (Å²) in [6.07, 6.45) is 1.09. The molecule has 0 aromatic heterocycles. The van der Waals surface area contributed by atoms with Gasteiger partial charge in [0.2, 0.25) is 0 Å². The van der Waals surface area contributed by atoms with Crippen molar-refractivity contribution in [1.82, 2.24) is 15.3 Å². The molecule has 1 N–H and O–H groups in total. The minimum Gasteiger partial charge on any atom is -0.304 e. The minimum atomic E-state index is 0.501. The Kier molecular flexibility index (Phi) is 4.54. The summed E-state index contributed by atoms with van der Waals surface area (Å²) in [6, 6.07) is 11.2. The lowest BCUT2D eigenvalue weighted by atomic mass is 10.1. The summed E-state index contributed by atoms with van der Waals surface area (Å²) in [5.41, 5.74) is 5.00. The average molecular weight is 233 g/mol. The molecule has 1 aromatic rings. The Morgan fingerprint density at radius 2 is 1.76 bits per heavy atom. The first-order valence-corrected chi connectivity index (χ1v) is 6.47. The van der Waals surface area contributed by atoms with Crippen molar-refractivity contribution < 1.29 is 0 Å². The molecule has 1 atom stereocenters. The molecule has 0 saturated carbocycles. The quantitative estimate of drug-likeness (QED) is 0.847. The molecule has 1 aromatic carbocycles. The van der Waals surface area contributed by atoms with E-state index in [0.717, 1.165) is 32.6 Å². The van der Waals surface area contributed by atoms with E-state index in [4.69, 9.17) is 0 Å². The fourth-order valence-corrected chi connectivity index (χ4v) is 2.26. The van der Waals surface area contributed by atoms with Gasteiger partial charge in [-0.3, -0.25) is 5.43 Å². The number of hydrogen-bond acceptors (Lipinski definition) is 3. The highest BCUT2D eigenvalue weighted by molar-refractivity contribution is 5.15. The molecule has 1 fully saturated rings. The van der Waals surface area contributed by atoms with Gasteiger partial charge in [-0.1, -0.05) is 30.3 Å². The van der Waals surface area contributed by atoms with Gasteiger partial charge in [0.15, 0.2) is 0 Å². The minimum absolute atomic E-state index is 0.501. The summed E-state index contributed by atoms with van der Waals surface area (Å²) in [7, 11) is 2.19. The number of piperazine rings is 1. The first-order valence-electron chi connectivity index (χ1n) is 6.47. The standard InChI is InChI=1S/C14H23N3/c1-13(12-14-6-4-3-5-7-14)15-17-10-8-16(2)9-11-17/h3-7,13,15H,8-12H2,1-2H3/t13-/m0/s1. The van der Waals surface area contributed by atoms with Crippen LogP contribution in [0.4, 0.5) is 0 Å². The van der Waals surface area contributed by atoms with Crippen molar-refractivity contribution in [2.45, 2.75) is 19.4 Å². The maximum absolute atomic E-state index is 3.59. The van der Waals surface area contributed by atoms with Crippen LogP contribution in [0.5, 0.6) is 0 Å². The van der Waals surface area contributed by atoms with Crippen molar-refractivity contribution in [1.29, 1.82) is 0 Å². The third kappa shape index (κ3) is 4.11. The van der Waals surface area contributed by atoms with Crippen molar-refractivity contribution >= 4 is 0 Å². The fraction of sp³-hybridized carbons (Fsp3) is 0.571. The molecule has 94 valence electrons. The van der Waals surface area contributed by atoms with E-state index in [-0.39, 0.29) is 0 Å². The predicted octanol–water partition coefficient (Wildman–Crippen LogP) is 1.37. The molecule has 0 aliphatic carbocycles. The summed E-state index contributed by atoms with van der Waals surface area (Å²) in [4.78, 5) is 2.38. The second-order valence-corrected chi connectivity index (χ2v) is 5.01. The Balaban J connectivity index is 1.76. The van der Waals surface area contributed by atoms with Crippen LogP contribution in [0.3, 0.4) is 0 Å². The smallest absolute Gasteiger partial charge is 0.0259 e. The zero-order valence-corrected chi connectivity index (χ0v) is 10.9. The van der Waals surface area contributed by atoms with E-state index in [9.17, 15) is 0 Å². The lowest BCUT2D eigenvalue weighted by Crippen LogP contribution is -2.53. The molecular formula is C14H23N3. The zero-order chi connectivity index (χ0) is 12.1. The molecule has 0 spiro atoms. The molecule has 1 aliphatic rings. The molecule has 1 aliphatic heterocycles. The van der Waals surface area contributed by atoms with Crippen molar-refractivity contribution in [2.24, 2.45) is 0 Å². The van der Waals surface area contributed by atoms with Gasteiger partial charge in [0.05, 0.1) is 0 Å². The van der Waals surface area contributed by atoms with Crippen molar-refractivity contribution in [3.63, 3.8) is 0 Å². The van der Waals surface area contributed by atoms with E-state index in [1.807, 2.05) is 0 Å². The molecule has 1 heterocycles. The highest BCUT2D eigenvalue weighted by atomic mass is 15.5. The normalized spacial score (nSPS) is 20.4. The Bertz CT molecular complexity index is 317. The summed E-state index contributed by atoms with van der Waals surface area (Å²) in [5.74, 6) is 0. The number of benzene rings is 1. The molecule has 3 nitrogen and oxygen atoms in total. The van der Waals surface area contributed by atoms with Crippen LogP contribution in [0.2, 0.25) is 0 Å². The second-order valence-electron chi connectivity index (χ2n) is 5.01. The highest BCUT2D eigenvalue weighted by Crippen LogP contribution is 2.04. The van der Waals surface area contributed by atoms with E-state index in [1.165, 1.54) is 5.56 Å². The maximum Gasteiger partial charge on any atom is 0.0259 e. The molecule has 0 unspecified atom stereocenters. The van der Waals surface area contributed by atoms with Crippen LogP contribution in [-0.4, -0.2) is 49.2 Å². The van der Waals surface area contributed by atoms with E-state index in [0.29, 0.717) is 6.04 Å². The first kappa shape index (κ1) is 12.6. The molecule has 3 heteroatoms. The first-order chi connectivity index (χ1) is 8.24. The summed E-state index contributed by atoms with van der Waals surface area (Å²) in [5, 5.41) is 2.35. The van der Waals surface area contributed by atoms with E-state index in [2.05, 4.69) is 59.6 Å². The topological polar surface area (TPSA) is 18.5 Å². The zero-order valence-electron chi connectivity index (χ0n) is 10.9. The summed E-state index contributed by atoms with van der Waals surface area (Å²) >= 11 is 0. The Morgan fingerprint density at radius 1 is 1.12 bits per heavy atom. The van der Waals surface area contributed by atoms with Gasteiger partial charge in [-0.25, -0.2) is 5.01 Å². The monoisotopic (exact) mass is 233 g/mol. The summed E-state index contributed by atoms with van der Waals surface area (Å²) < 4.78 is 0. The van der Waals surface area contributed by atoms with Crippen LogP contribution in [0, 0.1) is 0 Å². The molecule has 2 rings (SSSR count). The molecule has 0 radical (unpaired) electrons. The fourth-order valence-electron chi connectivity index (χ4n) is 2.26. The Hall–Kier alpha value is -0.900. The van der Waals surface area contributed by atoms with Gasteiger partial charge in [0.1, 0.15) is 0 Å². The van der Waals surface area contributed by atoms with Crippen LogP contribution < -0.4 is 5.43 Å². The molecular weight excluding hydrogens is 210 g/mol. The molecule has 1 saturated heterocycles. The third-order valence-electron chi connectivity index (χ3n) is 3.29. The van der Waals surface area contributed by atoms with Gasteiger partial charge in [-0.05, 0) is 26.0 Å².